The molecular formula is C10H15IN2. The molecule has 0 fully saturated rings. The highest BCUT2D eigenvalue weighted by Crippen LogP contribution is 2.19. The smallest absolute Gasteiger partial charge is 0.0618 e. The maximum atomic E-state index is 5.35. The first kappa shape index (κ1) is 10.8. The van der Waals surface area contributed by atoms with Crippen LogP contribution in [0.4, 0.5) is 5.69 Å². The SMILES string of the molecule is CCCCc1ccc(NN)c(I)c1. The van der Waals surface area contributed by atoms with Crippen LogP contribution in [0.1, 0.15) is 25.3 Å². The van der Waals surface area contributed by atoms with Crippen LogP contribution in [0, 0.1) is 3.57 Å². The molecule has 0 atom stereocenters. The normalized spacial score (nSPS) is 10.1. The number of hydrazine groups is 1. The lowest BCUT2D eigenvalue weighted by molar-refractivity contribution is 0.795. The van der Waals surface area contributed by atoms with Gasteiger partial charge in [0.2, 0.25) is 0 Å². The second kappa shape index (κ2) is 5.44. The van der Waals surface area contributed by atoms with Crippen LogP contribution in [0.3, 0.4) is 0 Å². The van der Waals surface area contributed by atoms with Crippen LogP contribution in [0.25, 0.3) is 0 Å². The summed E-state index contributed by atoms with van der Waals surface area (Å²) in [6.45, 7) is 2.21. The van der Waals surface area contributed by atoms with Crippen LogP contribution in [-0.2, 0) is 6.42 Å². The third-order valence-corrected chi connectivity index (χ3v) is 2.90. The van der Waals surface area contributed by atoms with E-state index in [1.54, 1.807) is 0 Å². The quantitative estimate of drug-likeness (QED) is 0.508. The van der Waals surface area contributed by atoms with E-state index in [4.69, 9.17) is 5.84 Å². The van der Waals surface area contributed by atoms with Gasteiger partial charge in [0.1, 0.15) is 0 Å². The Bertz CT molecular complexity index is 274. The molecule has 0 aliphatic rings. The van der Waals surface area contributed by atoms with Crippen LogP contribution in [0.15, 0.2) is 18.2 Å². The van der Waals surface area contributed by atoms with Crippen LogP contribution < -0.4 is 11.3 Å². The lowest BCUT2D eigenvalue weighted by Crippen LogP contribution is -2.08. The van der Waals surface area contributed by atoms with Gasteiger partial charge in [-0.1, -0.05) is 19.4 Å². The van der Waals surface area contributed by atoms with E-state index in [0.29, 0.717) is 0 Å². The third kappa shape index (κ3) is 3.15. The summed E-state index contributed by atoms with van der Waals surface area (Å²) in [6.07, 6.45) is 3.66. The Morgan fingerprint density at radius 1 is 1.46 bits per heavy atom. The zero-order chi connectivity index (χ0) is 9.68. The molecule has 1 aromatic rings. The molecule has 2 nitrogen and oxygen atoms in total. The molecule has 72 valence electrons. The molecule has 1 aromatic carbocycles. The number of aryl methyl sites for hydroxylation is 1. The van der Waals surface area contributed by atoms with Crippen molar-refractivity contribution in [3.05, 3.63) is 27.3 Å². The molecule has 0 spiro atoms. The van der Waals surface area contributed by atoms with Crippen molar-refractivity contribution in [2.24, 2.45) is 5.84 Å². The minimum Gasteiger partial charge on any atom is -0.323 e. The number of nitrogens with two attached hydrogens (primary N) is 1. The van der Waals surface area contributed by atoms with E-state index in [-0.39, 0.29) is 0 Å². The fourth-order valence-corrected chi connectivity index (χ4v) is 1.95. The number of anilines is 1. The average Bonchev–Trinajstić information content (AvgIpc) is 2.15. The van der Waals surface area contributed by atoms with Crippen molar-refractivity contribution in [1.29, 1.82) is 0 Å². The van der Waals surface area contributed by atoms with Gasteiger partial charge in [-0.05, 0) is 53.1 Å². The molecule has 3 N–H and O–H groups in total. The van der Waals surface area contributed by atoms with Gasteiger partial charge >= 0.3 is 0 Å². The third-order valence-electron chi connectivity index (χ3n) is 2.01. The van der Waals surface area contributed by atoms with Crippen molar-refractivity contribution in [3.63, 3.8) is 0 Å². The largest absolute Gasteiger partial charge is 0.323 e. The number of halogens is 1. The van der Waals surface area contributed by atoms with Crippen molar-refractivity contribution >= 4 is 28.3 Å². The first-order valence-electron chi connectivity index (χ1n) is 4.53. The van der Waals surface area contributed by atoms with Crippen LogP contribution in [0.2, 0.25) is 0 Å². The van der Waals surface area contributed by atoms with Gasteiger partial charge in [-0.15, -0.1) is 0 Å². The van der Waals surface area contributed by atoms with Gasteiger partial charge in [0, 0.05) is 3.57 Å². The molecule has 0 aliphatic carbocycles. The molecule has 0 unspecified atom stereocenters. The van der Waals surface area contributed by atoms with Crippen molar-refractivity contribution in [1.82, 2.24) is 0 Å². The molecule has 3 heteroatoms. The summed E-state index contributed by atoms with van der Waals surface area (Å²) in [6, 6.07) is 6.35. The van der Waals surface area contributed by atoms with E-state index in [2.05, 4.69) is 47.1 Å². The van der Waals surface area contributed by atoms with Crippen molar-refractivity contribution in [2.75, 3.05) is 5.43 Å². The molecular weight excluding hydrogens is 275 g/mol. The van der Waals surface area contributed by atoms with E-state index in [1.807, 2.05) is 6.07 Å². The lowest BCUT2D eigenvalue weighted by Gasteiger charge is -2.05. The fourth-order valence-electron chi connectivity index (χ4n) is 1.21. The van der Waals surface area contributed by atoms with E-state index in [9.17, 15) is 0 Å². The van der Waals surface area contributed by atoms with Crippen molar-refractivity contribution in [2.45, 2.75) is 26.2 Å². The Morgan fingerprint density at radius 2 is 2.23 bits per heavy atom. The predicted molar refractivity (Wildman–Crippen MR) is 65.6 cm³/mol. The number of nitrogen functional groups attached to an aromatic ring is 1. The second-order valence-corrected chi connectivity index (χ2v) is 4.22. The number of unbranched alkanes of at least 4 members (excludes halogenated alkanes) is 1. The second-order valence-electron chi connectivity index (χ2n) is 3.06. The average molecular weight is 290 g/mol. The first-order chi connectivity index (χ1) is 6.27. The molecule has 0 aliphatic heterocycles. The Kier molecular flexibility index (Phi) is 4.52. The Hall–Kier alpha value is -0.290. The number of hydrogen-bond acceptors (Lipinski definition) is 2. The maximum Gasteiger partial charge on any atom is 0.0618 e. The van der Waals surface area contributed by atoms with Gasteiger partial charge in [-0.2, -0.15) is 0 Å². The Labute approximate surface area is 93.0 Å². The fraction of sp³-hybridized carbons (Fsp3) is 0.400. The van der Waals surface area contributed by atoms with E-state index in [1.165, 1.54) is 22.0 Å². The highest BCUT2D eigenvalue weighted by atomic mass is 127. The molecule has 0 heterocycles. The van der Waals surface area contributed by atoms with E-state index >= 15 is 0 Å². The highest BCUT2D eigenvalue weighted by molar-refractivity contribution is 14.1. The molecule has 0 aromatic heterocycles. The Balaban J connectivity index is 2.71. The van der Waals surface area contributed by atoms with E-state index < -0.39 is 0 Å². The zero-order valence-electron chi connectivity index (χ0n) is 7.81. The number of nitrogens with one attached hydrogen (secondary N) is 1. The summed E-state index contributed by atoms with van der Waals surface area (Å²) >= 11 is 2.30. The zero-order valence-corrected chi connectivity index (χ0v) is 9.97. The summed E-state index contributed by atoms with van der Waals surface area (Å²) in [4.78, 5) is 0. The Morgan fingerprint density at radius 3 is 2.77 bits per heavy atom. The van der Waals surface area contributed by atoms with Gasteiger partial charge in [-0.25, -0.2) is 0 Å². The summed E-state index contributed by atoms with van der Waals surface area (Å²) in [7, 11) is 0. The molecule has 13 heavy (non-hydrogen) atoms. The summed E-state index contributed by atoms with van der Waals surface area (Å²) in [5, 5.41) is 0. The summed E-state index contributed by atoms with van der Waals surface area (Å²) < 4.78 is 1.19. The molecule has 0 amide bonds. The minimum absolute atomic E-state index is 1.00. The molecule has 0 saturated carbocycles. The van der Waals surface area contributed by atoms with Crippen molar-refractivity contribution in [3.8, 4) is 0 Å². The van der Waals surface area contributed by atoms with Crippen molar-refractivity contribution < 1.29 is 0 Å². The van der Waals surface area contributed by atoms with Crippen LogP contribution >= 0.6 is 22.6 Å². The predicted octanol–water partition coefficient (Wildman–Crippen LogP) is 2.92. The van der Waals surface area contributed by atoms with Crippen LogP contribution in [-0.4, -0.2) is 0 Å². The van der Waals surface area contributed by atoms with Crippen LogP contribution in [0.5, 0.6) is 0 Å². The standard InChI is InChI=1S/C10H15IN2/c1-2-3-4-8-5-6-10(13-12)9(11)7-8/h5-7,13H,2-4,12H2,1H3. The molecule has 1 rings (SSSR count). The highest BCUT2D eigenvalue weighted by Gasteiger charge is 1.98. The molecule has 0 bridgehead atoms. The minimum atomic E-state index is 1.00. The lowest BCUT2D eigenvalue weighted by atomic mass is 10.1. The molecule has 0 saturated heterocycles. The number of rotatable bonds is 4. The molecule has 0 radical (unpaired) electrons. The summed E-state index contributed by atoms with van der Waals surface area (Å²) in [5.74, 6) is 5.35. The van der Waals surface area contributed by atoms with Gasteiger partial charge in [0.15, 0.2) is 0 Å². The van der Waals surface area contributed by atoms with Gasteiger partial charge in [-0.3, -0.25) is 5.84 Å². The first-order valence-corrected chi connectivity index (χ1v) is 5.61. The number of benzene rings is 1. The monoisotopic (exact) mass is 290 g/mol. The topological polar surface area (TPSA) is 38.0 Å². The van der Waals surface area contributed by atoms with Gasteiger partial charge in [0.25, 0.3) is 0 Å². The van der Waals surface area contributed by atoms with E-state index in [0.717, 1.165) is 12.1 Å². The number of hydrogen-bond donors (Lipinski definition) is 2. The van der Waals surface area contributed by atoms with Gasteiger partial charge in [0.05, 0.1) is 5.69 Å². The summed E-state index contributed by atoms with van der Waals surface area (Å²) in [5.41, 5.74) is 5.07. The maximum absolute atomic E-state index is 5.35. The van der Waals surface area contributed by atoms with Gasteiger partial charge < -0.3 is 5.43 Å².